The molecule has 1 aliphatic carbocycles. The Morgan fingerprint density at radius 2 is 2.18 bits per heavy atom. The predicted octanol–water partition coefficient (Wildman–Crippen LogP) is 3.50. The maximum absolute atomic E-state index is 5.65. The van der Waals surface area contributed by atoms with Gasteiger partial charge >= 0.3 is 0 Å². The van der Waals surface area contributed by atoms with Crippen molar-refractivity contribution in [2.75, 3.05) is 13.2 Å². The molecule has 0 heterocycles. The molecule has 0 saturated heterocycles. The first-order valence-electron chi connectivity index (χ1n) is 6.40. The van der Waals surface area contributed by atoms with Gasteiger partial charge in [-0.05, 0) is 49.9 Å². The maximum Gasteiger partial charge on any atom is 0.0717 e. The third-order valence-corrected chi connectivity index (χ3v) is 3.38. The molecule has 0 atom stereocenters. The normalized spacial score (nSPS) is 15.1. The van der Waals surface area contributed by atoms with E-state index in [0.29, 0.717) is 0 Å². The first kappa shape index (κ1) is 13.1. The highest BCUT2D eigenvalue weighted by Gasteiger charge is 2.19. The van der Waals surface area contributed by atoms with E-state index in [4.69, 9.17) is 4.74 Å². The van der Waals surface area contributed by atoms with Crippen LogP contribution >= 0.6 is 15.9 Å². The lowest BCUT2D eigenvalue weighted by atomic mass is 10.2. The zero-order valence-corrected chi connectivity index (χ0v) is 11.7. The van der Waals surface area contributed by atoms with Crippen LogP contribution in [0.5, 0.6) is 0 Å². The van der Waals surface area contributed by atoms with Gasteiger partial charge in [-0.2, -0.15) is 0 Å². The van der Waals surface area contributed by atoms with Crippen molar-refractivity contribution in [2.24, 2.45) is 0 Å². The summed E-state index contributed by atoms with van der Waals surface area (Å²) in [6, 6.07) is 9.11. The number of halogens is 1. The summed E-state index contributed by atoms with van der Waals surface area (Å²) in [6.45, 7) is 2.72. The molecule has 0 bridgehead atoms. The molecular weight excluding hydrogens is 278 g/mol. The summed E-state index contributed by atoms with van der Waals surface area (Å²) in [5.41, 5.74) is 1.23. The SMILES string of the molecule is Brc1cccc(COCCCCNC2CC2)c1. The molecule has 1 aromatic rings. The van der Waals surface area contributed by atoms with E-state index in [1.165, 1.54) is 24.8 Å². The minimum atomic E-state index is 0.718. The summed E-state index contributed by atoms with van der Waals surface area (Å²) in [5.74, 6) is 0. The van der Waals surface area contributed by atoms with Gasteiger partial charge in [-0.15, -0.1) is 0 Å². The van der Waals surface area contributed by atoms with Crippen LogP contribution < -0.4 is 5.32 Å². The van der Waals surface area contributed by atoms with Gasteiger partial charge in [0, 0.05) is 17.1 Å². The molecular formula is C14H20BrNO. The molecule has 2 nitrogen and oxygen atoms in total. The Balaban J connectivity index is 1.47. The van der Waals surface area contributed by atoms with Crippen LogP contribution in [0.1, 0.15) is 31.2 Å². The molecule has 0 unspecified atom stereocenters. The van der Waals surface area contributed by atoms with Crippen LogP contribution in [0.15, 0.2) is 28.7 Å². The van der Waals surface area contributed by atoms with Gasteiger partial charge in [0.1, 0.15) is 0 Å². The van der Waals surface area contributed by atoms with Crippen LogP contribution in [0.3, 0.4) is 0 Å². The van der Waals surface area contributed by atoms with Crippen molar-refractivity contribution in [2.45, 2.75) is 38.3 Å². The highest BCUT2D eigenvalue weighted by atomic mass is 79.9. The van der Waals surface area contributed by atoms with E-state index < -0.39 is 0 Å². The zero-order chi connectivity index (χ0) is 11.9. The van der Waals surface area contributed by atoms with Crippen molar-refractivity contribution in [3.05, 3.63) is 34.3 Å². The number of rotatable bonds is 8. The van der Waals surface area contributed by atoms with E-state index in [0.717, 1.165) is 36.7 Å². The number of hydrogen-bond donors (Lipinski definition) is 1. The Bertz CT molecular complexity index is 339. The van der Waals surface area contributed by atoms with E-state index in [1.54, 1.807) is 0 Å². The molecule has 0 spiro atoms. The van der Waals surface area contributed by atoms with Gasteiger partial charge in [0.25, 0.3) is 0 Å². The number of ether oxygens (including phenoxy) is 1. The molecule has 3 heteroatoms. The molecule has 1 N–H and O–H groups in total. The lowest BCUT2D eigenvalue weighted by molar-refractivity contribution is 0.117. The predicted molar refractivity (Wildman–Crippen MR) is 74.1 cm³/mol. The molecule has 17 heavy (non-hydrogen) atoms. The maximum atomic E-state index is 5.65. The summed E-state index contributed by atoms with van der Waals surface area (Å²) < 4.78 is 6.77. The van der Waals surface area contributed by atoms with Crippen LogP contribution in [0.2, 0.25) is 0 Å². The molecule has 94 valence electrons. The third-order valence-electron chi connectivity index (χ3n) is 2.88. The number of unbranched alkanes of at least 4 members (excludes halogenated alkanes) is 1. The van der Waals surface area contributed by atoms with Crippen molar-refractivity contribution >= 4 is 15.9 Å². The molecule has 1 aliphatic rings. The van der Waals surface area contributed by atoms with Crippen molar-refractivity contribution in [1.82, 2.24) is 5.32 Å². The standard InChI is InChI=1S/C14H20BrNO/c15-13-5-3-4-12(10-13)11-17-9-2-1-8-16-14-6-7-14/h3-5,10,14,16H,1-2,6-9,11H2. The highest BCUT2D eigenvalue weighted by Crippen LogP contribution is 2.18. The van der Waals surface area contributed by atoms with E-state index in [-0.39, 0.29) is 0 Å². The van der Waals surface area contributed by atoms with Gasteiger partial charge in [0.15, 0.2) is 0 Å². The Morgan fingerprint density at radius 1 is 1.29 bits per heavy atom. The Kier molecular flexibility index (Phi) is 5.49. The minimum absolute atomic E-state index is 0.718. The first-order chi connectivity index (χ1) is 8.34. The van der Waals surface area contributed by atoms with Crippen LogP contribution in [-0.4, -0.2) is 19.2 Å². The van der Waals surface area contributed by atoms with E-state index in [9.17, 15) is 0 Å². The van der Waals surface area contributed by atoms with Crippen molar-refractivity contribution < 1.29 is 4.74 Å². The molecule has 0 aliphatic heterocycles. The summed E-state index contributed by atoms with van der Waals surface area (Å²) in [4.78, 5) is 0. The molecule has 2 rings (SSSR count). The van der Waals surface area contributed by atoms with Crippen LogP contribution in [-0.2, 0) is 11.3 Å². The largest absolute Gasteiger partial charge is 0.377 e. The minimum Gasteiger partial charge on any atom is -0.377 e. The molecule has 1 fully saturated rings. The van der Waals surface area contributed by atoms with Crippen LogP contribution in [0, 0.1) is 0 Å². The lowest BCUT2D eigenvalue weighted by Crippen LogP contribution is -2.17. The molecule has 0 aromatic heterocycles. The van der Waals surface area contributed by atoms with E-state index in [2.05, 4.69) is 33.4 Å². The Morgan fingerprint density at radius 3 is 2.94 bits per heavy atom. The summed E-state index contributed by atoms with van der Waals surface area (Å²) in [6.07, 6.45) is 5.11. The summed E-state index contributed by atoms with van der Waals surface area (Å²) in [7, 11) is 0. The second-order valence-electron chi connectivity index (χ2n) is 4.62. The zero-order valence-electron chi connectivity index (χ0n) is 10.1. The number of hydrogen-bond acceptors (Lipinski definition) is 2. The fourth-order valence-electron chi connectivity index (χ4n) is 1.74. The average Bonchev–Trinajstić information content (AvgIpc) is 3.12. The average molecular weight is 298 g/mol. The monoisotopic (exact) mass is 297 g/mol. The third kappa shape index (κ3) is 5.66. The highest BCUT2D eigenvalue weighted by molar-refractivity contribution is 9.10. The lowest BCUT2D eigenvalue weighted by Gasteiger charge is -2.05. The van der Waals surface area contributed by atoms with Gasteiger partial charge < -0.3 is 10.1 Å². The van der Waals surface area contributed by atoms with Gasteiger partial charge in [-0.25, -0.2) is 0 Å². The Labute approximate surface area is 112 Å². The van der Waals surface area contributed by atoms with E-state index in [1.807, 2.05) is 12.1 Å². The number of benzene rings is 1. The second-order valence-corrected chi connectivity index (χ2v) is 5.53. The topological polar surface area (TPSA) is 21.3 Å². The van der Waals surface area contributed by atoms with Crippen molar-refractivity contribution in [3.8, 4) is 0 Å². The second kappa shape index (κ2) is 7.14. The van der Waals surface area contributed by atoms with Gasteiger partial charge in [0.2, 0.25) is 0 Å². The summed E-state index contributed by atoms with van der Waals surface area (Å²) >= 11 is 3.46. The van der Waals surface area contributed by atoms with Crippen molar-refractivity contribution in [1.29, 1.82) is 0 Å². The number of nitrogens with one attached hydrogen (secondary N) is 1. The fraction of sp³-hybridized carbons (Fsp3) is 0.571. The fourth-order valence-corrected chi connectivity index (χ4v) is 2.19. The van der Waals surface area contributed by atoms with E-state index >= 15 is 0 Å². The van der Waals surface area contributed by atoms with Crippen LogP contribution in [0.25, 0.3) is 0 Å². The van der Waals surface area contributed by atoms with Gasteiger partial charge in [-0.3, -0.25) is 0 Å². The smallest absolute Gasteiger partial charge is 0.0717 e. The molecule has 1 saturated carbocycles. The van der Waals surface area contributed by atoms with Crippen molar-refractivity contribution in [3.63, 3.8) is 0 Å². The molecule has 0 radical (unpaired) electrons. The first-order valence-corrected chi connectivity index (χ1v) is 7.19. The molecule has 0 amide bonds. The quantitative estimate of drug-likeness (QED) is 0.742. The van der Waals surface area contributed by atoms with Gasteiger partial charge in [0.05, 0.1) is 6.61 Å². The Hall–Kier alpha value is -0.380. The summed E-state index contributed by atoms with van der Waals surface area (Å²) in [5, 5.41) is 3.51. The van der Waals surface area contributed by atoms with Crippen LogP contribution in [0.4, 0.5) is 0 Å². The van der Waals surface area contributed by atoms with Gasteiger partial charge in [-0.1, -0.05) is 28.1 Å². The molecule has 1 aromatic carbocycles.